The molecule has 0 saturated heterocycles. The van der Waals surface area contributed by atoms with Gasteiger partial charge in [0.05, 0.1) is 0 Å². The lowest BCUT2D eigenvalue weighted by atomic mass is 10.2. The Morgan fingerprint density at radius 1 is 1.42 bits per heavy atom. The molecular formula is C8H12N2OS. The van der Waals surface area contributed by atoms with Crippen LogP contribution < -0.4 is 4.72 Å². The second-order valence-electron chi connectivity index (χ2n) is 2.76. The molecule has 1 atom stereocenters. The van der Waals surface area contributed by atoms with Gasteiger partial charge in [0.2, 0.25) is 0 Å². The van der Waals surface area contributed by atoms with Crippen LogP contribution in [0.15, 0.2) is 24.3 Å². The van der Waals surface area contributed by atoms with Crippen LogP contribution in [0.5, 0.6) is 0 Å². The molecule has 0 aromatic heterocycles. The molecule has 1 rings (SSSR count). The van der Waals surface area contributed by atoms with Crippen LogP contribution in [0, 0.1) is 11.7 Å². The third kappa shape index (κ3) is 2.54. The molecule has 1 unspecified atom stereocenters. The molecule has 0 bridgehead atoms. The van der Waals surface area contributed by atoms with Crippen LogP contribution in [0.2, 0.25) is 0 Å². The van der Waals surface area contributed by atoms with Crippen molar-refractivity contribution >= 4 is 15.6 Å². The Bertz CT molecular complexity index is 370. The van der Waals surface area contributed by atoms with Gasteiger partial charge in [-0.1, -0.05) is 18.2 Å². The molecule has 1 aromatic carbocycles. The molecule has 0 amide bonds. The Morgan fingerprint density at radius 3 is 2.50 bits per heavy atom. The van der Waals surface area contributed by atoms with Gasteiger partial charge in [-0.3, -0.25) is 4.72 Å². The molecule has 0 aliphatic carbocycles. The van der Waals surface area contributed by atoms with Crippen molar-refractivity contribution < 1.29 is 4.21 Å². The highest BCUT2D eigenvalue weighted by atomic mass is 32.2. The third-order valence-corrected chi connectivity index (χ3v) is 2.06. The fourth-order valence-electron chi connectivity index (χ4n) is 0.897. The Labute approximate surface area is 72.9 Å². The highest BCUT2D eigenvalue weighted by Gasteiger charge is 1.99. The lowest BCUT2D eigenvalue weighted by Gasteiger charge is -2.07. The first-order chi connectivity index (χ1) is 5.49. The van der Waals surface area contributed by atoms with Gasteiger partial charge in [0.15, 0.2) is 0 Å². The monoisotopic (exact) mass is 184 g/mol. The number of para-hydroxylation sites is 1. The Morgan fingerprint density at radius 2 is 2.00 bits per heavy atom. The molecule has 0 aliphatic heterocycles. The van der Waals surface area contributed by atoms with Crippen molar-refractivity contribution in [3.63, 3.8) is 0 Å². The first-order valence-electron chi connectivity index (χ1n) is 3.56. The standard InChI is InChI=1S/C8H12N2OS/c1-7-5-3-4-6-8(7)10-12(2,9)11/h3-6H,1-2H3,(H2,9,10,11). The molecular weight excluding hydrogens is 172 g/mol. The maximum Gasteiger partial charge on any atom is 0.123 e. The Balaban J connectivity index is 2.98. The molecule has 0 heterocycles. The summed E-state index contributed by atoms with van der Waals surface area (Å²) in [7, 11) is -2.65. The molecule has 0 fully saturated rings. The van der Waals surface area contributed by atoms with E-state index in [1.54, 1.807) is 0 Å². The number of nitrogens with one attached hydrogen (secondary N) is 2. The summed E-state index contributed by atoms with van der Waals surface area (Å²) in [6.07, 6.45) is 1.36. The number of hydrogen-bond donors (Lipinski definition) is 2. The van der Waals surface area contributed by atoms with E-state index in [1.165, 1.54) is 6.26 Å². The van der Waals surface area contributed by atoms with Crippen molar-refractivity contribution in [3.05, 3.63) is 29.8 Å². The van der Waals surface area contributed by atoms with E-state index in [-0.39, 0.29) is 0 Å². The minimum absolute atomic E-state index is 0.764. The molecule has 3 nitrogen and oxygen atoms in total. The van der Waals surface area contributed by atoms with Gasteiger partial charge in [0, 0.05) is 11.9 Å². The second-order valence-corrected chi connectivity index (χ2v) is 4.65. The van der Waals surface area contributed by atoms with Crippen LogP contribution in [0.4, 0.5) is 5.69 Å². The summed E-state index contributed by atoms with van der Waals surface area (Å²) < 4.78 is 20.9. The van der Waals surface area contributed by atoms with Crippen LogP contribution in [-0.2, 0) is 9.92 Å². The summed E-state index contributed by atoms with van der Waals surface area (Å²) in [5.41, 5.74) is 1.76. The first kappa shape index (κ1) is 9.06. The minimum atomic E-state index is -2.65. The van der Waals surface area contributed by atoms with Gasteiger partial charge in [-0.2, -0.15) is 0 Å². The number of rotatable bonds is 2. The summed E-state index contributed by atoms with van der Waals surface area (Å²) in [4.78, 5) is 0. The summed E-state index contributed by atoms with van der Waals surface area (Å²) in [6.45, 7) is 1.91. The van der Waals surface area contributed by atoms with Crippen LogP contribution in [0.3, 0.4) is 0 Å². The van der Waals surface area contributed by atoms with Crippen LogP contribution in [0.25, 0.3) is 0 Å². The van der Waals surface area contributed by atoms with Gasteiger partial charge in [0.1, 0.15) is 9.92 Å². The summed E-state index contributed by atoms with van der Waals surface area (Å²) in [6, 6.07) is 7.48. The van der Waals surface area contributed by atoms with E-state index in [1.807, 2.05) is 31.2 Å². The zero-order valence-corrected chi connectivity index (χ0v) is 7.94. The van der Waals surface area contributed by atoms with E-state index in [2.05, 4.69) is 4.72 Å². The van der Waals surface area contributed by atoms with Crippen LogP contribution in [0.1, 0.15) is 5.56 Å². The molecule has 0 saturated carbocycles. The van der Waals surface area contributed by atoms with E-state index in [9.17, 15) is 4.21 Å². The van der Waals surface area contributed by atoms with E-state index < -0.39 is 9.92 Å². The van der Waals surface area contributed by atoms with Crippen molar-refractivity contribution in [2.75, 3.05) is 11.0 Å². The number of benzene rings is 1. The maximum absolute atomic E-state index is 11.1. The smallest absolute Gasteiger partial charge is 0.123 e. The molecule has 1 aromatic rings. The zero-order valence-electron chi connectivity index (χ0n) is 7.13. The number of hydrogen-bond acceptors (Lipinski definition) is 2. The Kier molecular flexibility index (Phi) is 2.38. The molecule has 0 radical (unpaired) electrons. The highest BCUT2D eigenvalue weighted by Crippen LogP contribution is 2.13. The minimum Gasteiger partial charge on any atom is -0.299 e. The van der Waals surface area contributed by atoms with E-state index in [0.717, 1.165) is 11.3 Å². The van der Waals surface area contributed by atoms with Gasteiger partial charge in [-0.05, 0) is 18.6 Å². The average Bonchev–Trinajstić information content (AvgIpc) is 1.91. The van der Waals surface area contributed by atoms with Gasteiger partial charge < -0.3 is 0 Å². The van der Waals surface area contributed by atoms with Crippen molar-refractivity contribution in [1.29, 1.82) is 4.78 Å². The fourth-order valence-corrected chi connectivity index (χ4v) is 1.55. The predicted octanol–water partition coefficient (Wildman–Crippen LogP) is 2.00. The Hall–Kier alpha value is -1.03. The number of anilines is 1. The van der Waals surface area contributed by atoms with Gasteiger partial charge in [-0.25, -0.2) is 8.99 Å². The maximum atomic E-state index is 11.1. The van der Waals surface area contributed by atoms with Crippen molar-refractivity contribution in [3.8, 4) is 0 Å². The fraction of sp³-hybridized carbons (Fsp3) is 0.250. The zero-order chi connectivity index (χ0) is 9.19. The molecule has 2 N–H and O–H groups in total. The number of aryl methyl sites for hydroxylation is 1. The van der Waals surface area contributed by atoms with Crippen molar-refractivity contribution in [2.45, 2.75) is 6.92 Å². The van der Waals surface area contributed by atoms with Crippen LogP contribution in [-0.4, -0.2) is 10.5 Å². The topological polar surface area (TPSA) is 53.0 Å². The summed E-state index contributed by atoms with van der Waals surface area (Å²) in [5.74, 6) is 0. The average molecular weight is 184 g/mol. The SMILES string of the molecule is Cc1ccccc1NS(C)(=N)=O. The molecule has 0 spiro atoms. The quantitative estimate of drug-likeness (QED) is 0.725. The van der Waals surface area contributed by atoms with Gasteiger partial charge >= 0.3 is 0 Å². The molecule has 12 heavy (non-hydrogen) atoms. The van der Waals surface area contributed by atoms with E-state index >= 15 is 0 Å². The third-order valence-electron chi connectivity index (χ3n) is 1.45. The summed E-state index contributed by atoms with van der Waals surface area (Å²) in [5, 5.41) is 0. The van der Waals surface area contributed by atoms with E-state index in [4.69, 9.17) is 4.78 Å². The first-order valence-corrected chi connectivity index (χ1v) is 5.53. The highest BCUT2D eigenvalue weighted by molar-refractivity contribution is 7.93. The molecule has 4 heteroatoms. The normalized spacial score (nSPS) is 15.2. The predicted molar refractivity (Wildman–Crippen MR) is 51.6 cm³/mol. The second kappa shape index (κ2) is 3.15. The molecule has 0 aliphatic rings. The lowest BCUT2D eigenvalue weighted by Crippen LogP contribution is -2.08. The molecule has 66 valence electrons. The van der Waals surface area contributed by atoms with E-state index in [0.29, 0.717) is 0 Å². The summed E-state index contributed by atoms with van der Waals surface area (Å²) >= 11 is 0. The van der Waals surface area contributed by atoms with Crippen molar-refractivity contribution in [1.82, 2.24) is 0 Å². The largest absolute Gasteiger partial charge is 0.299 e. The van der Waals surface area contributed by atoms with Crippen molar-refractivity contribution in [2.24, 2.45) is 0 Å². The van der Waals surface area contributed by atoms with Crippen LogP contribution >= 0.6 is 0 Å². The lowest BCUT2D eigenvalue weighted by molar-refractivity contribution is 0.682. The van der Waals surface area contributed by atoms with Gasteiger partial charge in [-0.15, -0.1) is 0 Å². The van der Waals surface area contributed by atoms with Gasteiger partial charge in [0.25, 0.3) is 0 Å².